The Morgan fingerprint density at radius 3 is 3.00 bits per heavy atom. The molecule has 16 heavy (non-hydrogen) atoms. The van der Waals surface area contributed by atoms with Gasteiger partial charge in [-0.1, -0.05) is 0 Å². The molecule has 1 aromatic rings. The molecule has 4 nitrogen and oxygen atoms in total. The second-order valence-corrected chi connectivity index (χ2v) is 3.63. The molecule has 1 atom stereocenters. The van der Waals surface area contributed by atoms with Crippen molar-refractivity contribution in [2.24, 2.45) is 0 Å². The summed E-state index contributed by atoms with van der Waals surface area (Å²) in [5, 5.41) is 0. The smallest absolute Gasteiger partial charge is 0.153 e. The third-order valence-corrected chi connectivity index (χ3v) is 2.53. The predicted molar refractivity (Wildman–Crippen MR) is 58.2 cm³/mol. The summed E-state index contributed by atoms with van der Waals surface area (Å²) in [5.41, 5.74) is 0.535. The molecule has 1 fully saturated rings. The average molecular weight is 222 g/mol. The molecule has 1 aliphatic rings. The molecule has 86 valence electrons. The van der Waals surface area contributed by atoms with Crippen LogP contribution in [0.1, 0.15) is 16.8 Å². The normalized spacial score (nSPS) is 19.4. The zero-order valence-corrected chi connectivity index (χ0v) is 9.14. The van der Waals surface area contributed by atoms with Gasteiger partial charge in [0.15, 0.2) is 6.29 Å². The minimum absolute atomic E-state index is 0.0332. The van der Waals surface area contributed by atoms with Gasteiger partial charge in [-0.05, 0) is 12.1 Å². The molecule has 0 radical (unpaired) electrons. The van der Waals surface area contributed by atoms with E-state index in [0.29, 0.717) is 30.3 Å². The van der Waals surface area contributed by atoms with Gasteiger partial charge >= 0.3 is 0 Å². The highest BCUT2D eigenvalue weighted by molar-refractivity contribution is 5.79. The Hall–Kier alpha value is -1.55. The van der Waals surface area contributed by atoms with Crippen LogP contribution in [0.15, 0.2) is 18.2 Å². The molecular formula is C12H14O4. The van der Waals surface area contributed by atoms with Crippen LogP contribution in [0.3, 0.4) is 0 Å². The number of hydrogen-bond donors (Lipinski definition) is 0. The van der Waals surface area contributed by atoms with E-state index >= 15 is 0 Å². The Kier molecular flexibility index (Phi) is 3.41. The van der Waals surface area contributed by atoms with Crippen LogP contribution >= 0.6 is 0 Å². The van der Waals surface area contributed by atoms with Crippen LogP contribution in [-0.4, -0.2) is 32.7 Å². The van der Waals surface area contributed by atoms with E-state index in [9.17, 15) is 4.79 Å². The highest BCUT2D eigenvalue weighted by Gasteiger charge is 2.18. The number of rotatable bonds is 4. The van der Waals surface area contributed by atoms with Crippen molar-refractivity contribution >= 4 is 6.29 Å². The fourth-order valence-electron chi connectivity index (χ4n) is 1.63. The van der Waals surface area contributed by atoms with E-state index in [4.69, 9.17) is 14.2 Å². The topological polar surface area (TPSA) is 44.8 Å². The lowest BCUT2D eigenvalue weighted by atomic mass is 10.2. The molecule has 1 saturated heterocycles. The van der Waals surface area contributed by atoms with Crippen molar-refractivity contribution in [2.75, 3.05) is 20.3 Å². The van der Waals surface area contributed by atoms with E-state index in [1.807, 2.05) is 0 Å². The van der Waals surface area contributed by atoms with Gasteiger partial charge in [-0.3, -0.25) is 4.79 Å². The third-order valence-electron chi connectivity index (χ3n) is 2.53. The van der Waals surface area contributed by atoms with Gasteiger partial charge in [-0.2, -0.15) is 0 Å². The summed E-state index contributed by atoms with van der Waals surface area (Å²) >= 11 is 0. The Balaban J connectivity index is 2.18. The number of methoxy groups -OCH3 is 1. The molecule has 1 aliphatic heterocycles. The molecule has 0 aliphatic carbocycles. The van der Waals surface area contributed by atoms with Crippen LogP contribution in [0.4, 0.5) is 0 Å². The molecule has 1 aromatic carbocycles. The number of ether oxygens (including phenoxy) is 3. The number of benzene rings is 1. The highest BCUT2D eigenvalue weighted by atomic mass is 16.5. The number of hydrogen-bond acceptors (Lipinski definition) is 4. The first kappa shape index (κ1) is 11.0. The van der Waals surface area contributed by atoms with E-state index in [-0.39, 0.29) is 6.10 Å². The number of carbonyl (C=O) groups is 1. The number of aldehydes is 1. The fourth-order valence-corrected chi connectivity index (χ4v) is 1.63. The third kappa shape index (κ3) is 2.33. The summed E-state index contributed by atoms with van der Waals surface area (Å²) in [6.45, 7) is 1.29. The first-order chi connectivity index (χ1) is 7.83. The lowest BCUT2D eigenvalue weighted by Crippen LogP contribution is -2.16. The maximum absolute atomic E-state index is 10.8. The van der Waals surface area contributed by atoms with Gasteiger partial charge in [-0.15, -0.1) is 0 Å². The first-order valence-electron chi connectivity index (χ1n) is 5.21. The molecule has 2 rings (SSSR count). The quantitative estimate of drug-likeness (QED) is 0.727. The molecular weight excluding hydrogens is 208 g/mol. The van der Waals surface area contributed by atoms with Crippen LogP contribution in [0, 0.1) is 0 Å². The monoisotopic (exact) mass is 222 g/mol. The summed E-state index contributed by atoms with van der Waals surface area (Å²) < 4.78 is 16.0. The summed E-state index contributed by atoms with van der Waals surface area (Å²) in [5.74, 6) is 1.24. The SMILES string of the molecule is COc1ccc(C=O)c(OC2CCOC2)c1. The Labute approximate surface area is 94.1 Å². The van der Waals surface area contributed by atoms with Crippen molar-refractivity contribution in [2.45, 2.75) is 12.5 Å². The van der Waals surface area contributed by atoms with Gasteiger partial charge in [0.2, 0.25) is 0 Å². The van der Waals surface area contributed by atoms with Crippen molar-refractivity contribution in [1.29, 1.82) is 0 Å². The van der Waals surface area contributed by atoms with Gasteiger partial charge in [0.05, 0.1) is 25.9 Å². The van der Waals surface area contributed by atoms with Gasteiger partial charge < -0.3 is 14.2 Å². The molecule has 0 saturated carbocycles. The molecule has 1 heterocycles. The zero-order valence-electron chi connectivity index (χ0n) is 9.14. The zero-order chi connectivity index (χ0) is 11.4. The maximum atomic E-state index is 10.8. The van der Waals surface area contributed by atoms with Crippen LogP contribution in [0.5, 0.6) is 11.5 Å². The van der Waals surface area contributed by atoms with Crippen LogP contribution in [0.2, 0.25) is 0 Å². The minimum atomic E-state index is 0.0332. The van der Waals surface area contributed by atoms with Gasteiger partial charge in [0.25, 0.3) is 0 Å². The minimum Gasteiger partial charge on any atom is -0.497 e. The summed E-state index contributed by atoms with van der Waals surface area (Å²) in [4.78, 5) is 10.8. The van der Waals surface area contributed by atoms with Gasteiger partial charge in [0, 0.05) is 12.5 Å². The fraction of sp³-hybridized carbons (Fsp3) is 0.417. The van der Waals surface area contributed by atoms with Crippen LogP contribution in [0.25, 0.3) is 0 Å². The standard InChI is InChI=1S/C12H14O4/c1-14-10-3-2-9(7-13)12(6-10)16-11-4-5-15-8-11/h2-3,6-7,11H,4-5,8H2,1H3. The first-order valence-corrected chi connectivity index (χ1v) is 5.21. The average Bonchev–Trinajstić information content (AvgIpc) is 2.82. The second kappa shape index (κ2) is 4.99. The molecule has 0 amide bonds. The predicted octanol–water partition coefficient (Wildman–Crippen LogP) is 1.68. The van der Waals surface area contributed by atoms with Crippen molar-refractivity contribution in [3.63, 3.8) is 0 Å². The summed E-state index contributed by atoms with van der Waals surface area (Å²) in [6, 6.07) is 5.15. The van der Waals surface area contributed by atoms with Crippen molar-refractivity contribution in [3.05, 3.63) is 23.8 Å². The van der Waals surface area contributed by atoms with Crippen molar-refractivity contribution in [3.8, 4) is 11.5 Å². The highest BCUT2D eigenvalue weighted by Crippen LogP contribution is 2.25. The van der Waals surface area contributed by atoms with E-state index in [1.54, 1.807) is 25.3 Å². The van der Waals surface area contributed by atoms with Crippen molar-refractivity contribution < 1.29 is 19.0 Å². The molecule has 0 N–H and O–H groups in total. The van der Waals surface area contributed by atoms with Crippen LogP contribution < -0.4 is 9.47 Å². The lowest BCUT2D eigenvalue weighted by Gasteiger charge is -2.14. The molecule has 0 bridgehead atoms. The van der Waals surface area contributed by atoms with E-state index in [2.05, 4.69) is 0 Å². The Morgan fingerprint density at radius 2 is 2.38 bits per heavy atom. The van der Waals surface area contributed by atoms with Gasteiger partial charge in [-0.25, -0.2) is 0 Å². The van der Waals surface area contributed by atoms with Crippen LogP contribution in [-0.2, 0) is 4.74 Å². The van der Waals surface area contributed by atoms with E-state index < -0.39 is 0 Å². The molecule has 4 heteroatoms. The van der Waals surface area contributed by atoms with Gasteiger partial charge in [0.1, 0.15) is 17.6 Å². The molecule has 0 aromatic heterocycles. The molecule has 0 spiro atoms. The summed E-state index contributed by atoms with van der Waals surface area (Å²) in [7, 11) is 1.58. The maximum Gasteiger partial charge on any atom is 0.153 e. The Bertz CT molecular complexity index is 369. The number of carbonyl (C=O) groups excluding carboxylic acids is 1. The molecule has 1 unspecified atom stereocenters. The Morgan fingerprint density at radius 1 is 1.50 bits per heavy atom. The second-order valence-electron chi connectivity index (χ2n) is 3.63. The summed E-state index contributed by atoms with van der Waals surface area (Å²) in [6.07, 6.45) is 1.67. The van der Waals surface area contributed by atoms with E-state index in [0.717, 1.165) is 12.7 Å². The lowest BCUT2D eigenvalue weighted by molar-refractivity contribution is 0.111. The van der Waals surface area contributed by atoms with E-state index in [1.165, 1.54) is 0 Å². The largest absolute Gasteiger partial charge is 0.497 e. The van der Waals surface area contributed by atoms with Crippen molar-refractivity contribution in [1.82, 2.24) is 0 Å².